The van der Waals surface area contributed by atoms with Crippen LogP contribution in [0.15, 0.2) is 53.6 Å². The molecule has 1 saturated heterocycles. The molecular formula is C21H20F4N4O3. The molecule has 11 heteroatoms. The maximum absolute atomic E-state index is 14.8. The first-order chi connectivity index (χ1) is 15.3. The number of anilines is 1. The summed E-state index contributed by atoms with van der Waals surface area (Å²) in [6.07, 6.45) is -6.16. The molecule has 0 bridgehead atoms. The molecule has 2 aromatic rings. The van der Waals surface area contributed by atoms with Gasteiger partial charge in [0.05, 0.1) is 25.3 Å². The van der Waals surface area contributed by atoms with E-state index in [0.717, 1.165) is 0 Å². The standard InChI is InChI=1S/C21H20F4N4O3/c22-17-12-14(6-7-16(17)18-26-27-19(32-18)21(23,24)25)13-29(15-4-2-1-3-5-15)20(30)28-8-10-31-11-9-28/h1-7,12,18,26H,8-11,13H2. The Kier molecular flexibility index (Phi) is 6.17. The van der Waals surface area contributed by atoms with Gasteiger partial charge in [-0.3, -0.25) is 10.3 Å². The zero-order valence-electron chi connectivity index (χ0n) is 16.8. The predicted octanol–water partition coefficient (Wildman–Crippen LogP) is 3.78. The van der Waals surface area contributed by atoms with Crippen LogP contribution in [-0.2, 0) is 16.0 Å². The summed E-state index contributed by atoms with van der Waals surface area (Å²) in [6.45, 7) is 1.84. The molecular weight excluding hydrogens is 432 g/mol. The lowest BCUT2D eigenvalue weighted by atomic mass is 10.1. The maximum atomic E-state index is 14.8. The van der Waals surface area contributed by atoms with E-state index in [0.29, 0.717) is 37.6 Å². The van der Waals surface area contributed by atoms with Gasteiger partial charge in [-0.1, -0.05) is 30.3 Å². The van der Waals surface area contributed by atoms with E-state index in [1.54, 1.807) is 29.2 Å². The fourth-order valence-corrected chi connectivity index (χ4v) is 3.41. The van der Waals surface area contributed by atoms with Gasteiger partial charge in [-0.2, -0.15) is 13.2 Å². The molecule has 4 rings (SSSR count). The third-order valence-electron chi connectivity index (χ3n) is 5.02. The molecule has 2 aliphatic heterocycles. The number of morpholine rings is 1. The number of halogens is 4. The molecule has 2 aromatic carbocycles. The van der Waals surface area contributed by atoms with Gasteiger partial charge in [0.1, 0.15) is 5.82 Å². The van der Waals surface area contributed by atoms with Crippen LogP contribution in [0.4, 0.5) is 28.0 Å². The molecule has 1 unspecified atom stereocenters. The Labute approximate surface area is 181 Å². The lowest BCUT2D eigenvalue weighted by molar-refractivity contribution is -0.0797. The lowest BCUT2D eigenvalue weighted by Gasteiger charge is -2.33. The van der Waals surface area contributed by atoms with Crippen LogP contribution in [-0.4, -0.2) is 49.3 Å². The highest BCUT2D eigenvalue weighted by Crippen LogP contribution is 2.29. The normalized spacial score (nSPS) is 18.6. The Morgan fingerprint density at radius 3 is 2.50 bits per heavy atom. The minimum atomic E-state index is -4.77. The number of carbonyl (C=O) groups is 1. The Bertz CT molecular complexity index is 994. The van der Waals surface area contributed by atoms with E-state index in [4.69, 9.17) is 9.47 Å². The van der Waals surface area contributed by atoms with E-state index in [1.165, 1.54) is 23.1 Å². The van der Waals surface area contributed by atoms with E-state index in [-0.39, 0.29) is 18.1 Å². The summed E-state index contributed by atoms with van der Waals surface area (Å²) in [4.78, 5) is 16.3. The highest BCUT2D eigenvalue weighted by Gasteiger charge is 2.43. The van der Waals surface area contributed by atoms with E-state index >= 15 is 0 Å². The average molecular weight is 452 g/mol. The van der Waals surface area contributed by atoms with E-state index in [1.807, 2.05) is 6.07 Å². The number of para-hydroxylation sites is 1. The van der Waals surface area contributed by atoms with Gasteiger partial charge >= 0.3 is 18.1 Å². The molecule has 7 nitrogen and oxygen atoms in total. The van der Waals surface area contributed by atoms with Crippen molar-refractivity contribution in [1.29, 1.82) is 0 Å². The van der Waals surface area contributed by atoms with Gasteiger partial charge in [0.2, 0.25) is 6.23 Å². The third kappa shape index (κ3) is 4.77. The number of alkyl halides is 3. The SMILES string of the molecule is O=C(N1CCOCC1)N(Cc1ccc(C2NN=C(C(F)(F)F)O2)c(F)c1)c1ccccc1. The van der Waals surface area contributed by atoms with Gasteiger partial charge in [0, 0.05) is 18.8 Å². The van der Waals surface area contributed by atoms with Crippen molar-refractivity contribution in [2.75, 3.05) is 31.2 Å². The summed E-state index contributed by atoms with van der Waals surface area (Å²) in [7, 11) is 0. The Hall–Kier alpha value is -3.34. The number of nitrogens with zero attached hydrogens (tertiary/aromatic N) is 3. The van der Waals surface area contributed by atoms with Gasteiger partial charge < -0.3 is 14.4 Å². The summed E-state index contributed by atoms with van der Waals surface area (Å²) in [5.74, 6) is -2.23. The highest BCUT2D eigenvalue weighted by atomic mass is 19.4. The number of amides is 2. The highest BCUT2D eigenvalue weighted by molar-refractivity contribution is 5.92. The summed E-state index contributed by atoms with van der Waals surface area (Å²) in [5.41, 5.74) is 3.12. The first-order valence-corrected chi connectivity index (χ1v) is 9.87. The van der Waals surface area contributed by atoms with Gasteiger partial charge in [-0.25, -0.2) is 9.18 Å². The van der Waals surface area contributed by atoms with Crippen molar-refractivity contribution in [2.24, 2.45) is 5.10 Å². The first kappa shape index (κ1) is 21.9. The number of ether oxygens (including phenoxy) is 2. The van der Waals surface area contributed by atoms with E-state index in [2.05, 4.69) is 10.5 Å². The number of hydrogen-bond donors (Lipinski definition) is 1. The second-order valence-electron chi connectivity index (χ2n) is 7.20. The Balaban J connectivity index is 1.53. The van der Waals surface area contributed by atoms with Crippen LogP contribution in [0.3, 0.4) is 0 Å². The molecule has 0 radical (unpaired) electrons. The molecule has 1 N–H and O–H groups in total. The zero-order valence-corrected chi connectivity index (χ0v) is 16.8. The van der Waals surface area contributed by atoms with Crippen LogP contribution in [0.25, 0.3) is 0 Å². The molecule has 0 aromatic heterocycles. The zero-order chi connectivity index (χ0) is 22.7. The van der Waals surface area contributed by atoms with Crippen molar-refractivity contribution in [3.63, 3.8) is 0 Å². The maximum Gasteiger partial charge on any atom is 0.470 e. The largest absolute Gasteiger partial charge is 0.470 e. The molecule has 32 heavy (non-hydrogen) atoms. The monoisotopic (exact) mass is 452 g/mol. The number of carbonyl (C=O) groups excluding carboxylic acids is 1. The quantitative estimate of drug-likeness (QED) is 0.718. The van der Waals surface area contributed by atoms with Gasteiger partial charge in [-0.15, -0.1) is 5.10 Å². The summed E-state index contributed by atoms with van der Waals surface area (Å²) < 4.78 is 62.9. The summed E-state index contributed by atoms with van der Waals surface area (Å²) >= 11 is 0. The van der Waals surface area contributed by atoms with Crippen molar-refractivity contribution >= 4 is 17.6 Å². The number of hydrogen-bond acceptors (Lipinski definition) is 5. The van der Waals surface area contributed by atoms with Crippen molar-refractivity contribution in [3.05, 3.63) is 65.5 Å². The molecule has 2 aliphatic rings. The molecule has 1 atom stereocenters. The minimum absolute atomic E-state index is 0.0701. The molecule has 0 saturated carbocycles. The smallest absolute Gasteiger partial charge is 0.443 e. The Morgan fingerprint density at radius 2 is 1.88 bits per heavy atom. The number of urea groups is 1. The van der Waals surface area contributed by atoms with Gasteiger partial charge in [0.25, 0.3) is 0 Å². The van der Waals surface area contributed by atoms with Crippen LogP contribution in [0.2, 0.25) is 0 Å². The van der Waals surface area contributed by atoms with E-state index < -0.39 is 24.1 Å². The topological polar surface area (TPSA) is 66.4 Å². The Morgan fingerprint density at radius 1 is 1.16 bits per heavy atom. The minimum Gasteiger partial charge on any atom is -0.443 e. The van der Waals surface area contributed by atoms with Crippen molar-refractivity contribution in [1.82, 2.24) is 10.3 Å². The average Bonchev–Trinajstić information content (AvgIpc) is 3.29. The van der Waals surface area contributed by atoms with Gasteiger partial charge in [0.15, 0.2) is 0 Å². The first-order valence-electron chi connectivity index (χ1n) is 9.87. The molecule has 2 heterocycles. The van der Waals surface area contributed by atoms with Crippen LogP contribution in [0, 0.1) is 5.82 Å². The molecule has 0 spiro atoms. The molecule has 1 fully saturated rings. The number of benzene rings is 2. The van der Waals surface area contributed by atoms with Crippen LogP contribution >= 0.6 is 0 Å². The third-order valence-corrected chi connectivity index (χ3v) is 5.02. The van der Waals surface area contributed by atoms with Gasteiger partial charge in [-0.05, 0) is 23.8 Å². The number of nitrogens with one attached hydrogen (secondary N) is 1. The van der Waals surface area contributed by atoms with Crippen molar-refractivity contribution in [3.8, 4) is 0 Å². The summed E-state index contributed by atoms with van der Waals surface area (Å²) in [5, 5.41) is 3.08. The number of hydrazone groups is 1. The lowest BCUT2D eigenvalue weighted by Crippen LogP contribution is -2.48. The van der Waals surface area contributed by atoms with Crippen molar-refractivity contribution < 1.29 is 31.8 Å². The van der Waals surface area contributed by atoms with Crippen LogP contribution in [0.5, 0.6) is 0 Å². The fraction of sp³-hybridized carbons (Fsp3) is 0.333. The number of rotatable bonds is 4. The molecule has 0 aliphatic carbocycles. The van der Waals surface area contributed by atoms with Crippen molar-refractivity contribution in [2.45, 2.75) is 18.9 Å². The van der Waals surface area contributed by atoms with E-state index in [9.17, 15) is 22.4 Å². The summed E-state index contributed by atoms with van der Waals surface area (Å²) in [6, 6.07) is 12.7. The molecule has 2 amide bonds. The second kappa shape index (κ2) is 9.03. The van der Waals surface area contributed by atoms with Crippen LogP contribution < -0.4 is 10.3 Å². The molecule has 170 valence electrons. The second-order valence-corrected chi connectivity index (χ2v) is 7.20. The van der Waals surface area contributed by atoms with Crippen LogP contribution in [0.1, 0.15) is 17.4 Å². The predicted molar refractivity (Wildman–Crippen MR) is 107 cm³/mol. The fourth-order valence-electron chi connectivity index (χ4n) is 3.41.